The number of hydrogen-bond acceptors (Lipinski definition) is 3. The summed E-state index contributed by atoms with van der Waals surface area (Å²) in [4.78, 5) is 16.6. The van der Waals surface area contributed by atoms with Gasteiger partial charge >= 0.3 is 0 Å². The maximum Gasteiger partial charge on any atom is 0.279 e. The molecule has 0 aliphatic rings. The fraction of sp³-hybridized carbons (Fsp3) is 0.308. The van der Waals surface area contributed by atoms with Crippen molar-refractivity contribution in [2.24, 2.45) is 0 Å². The fourth-order valence-corrected chi connectivity index (χ4v) is 1.85. The van der Waals surface area contributed by atoms with Crippen LogP contribution in [0, 0.1) is 0 Å². The van der Waals surface area contributed by atoms with E-state index in [0.29, 0.717) is 17.2 Å². The van der Waals surface area contributed by atoms with E-state index in [1.54, 1.807) is 38.1 Å². The molecular weight excluding hydrogens is 285 g/mol. The predicted molar refractivity (Wildman–Crippen MR) is 74.7 cm³/mol. The van der Waals surface area contributed by atoms with Gasteiger partial charge in [0.25, 0.3) is 5.91 Å². The highest BCUT2D eigenvalue weighted by atomic mass is 35.5. The summed E-state index contributed by atoms with van der Waals surface area (Å²) < 4.78 is 1.22. The molecule has 2 rings (SSSR count). The van der Waals surface area contributed by atoms with Crippen LogP contribution in [0.1, 0.15) is 46.6 Å². The molecule has 1 aromatic heterocycles. The lowest BCUT2D eigenvalue weighted by atomic mass is 10.2. The summed E-state index contributed by atoms with van der Waals surface area (Å²) in [5.74, 6) is 0.533. The summed E-state index contributed by atoms with van der Waals surface area (Å²) in [5.41, 5.74) is 0.528. The molecule has 0 saturated heterocycles. The Labute approximate surface area is 121 Å². The lowest BCUT2D eigenvalue weighted by molar-refractivity contribution is 0.0940. The van der Waals surface area contributed by atoms with E-state index in [0.717, 1.165) is 0 Å². The maximum absolute atomic E-state index is 12.4. The number of benzene rings is 1. The van der Waals surface area contributed by atoms with E-state index < -0.39 is 5.38 Å². The zero-order valence-electron chi connectivity index (χ0n) is 10.5. The number of hydrogen-bond donors (Lipinski definition) is 0. The van der Waals surface area contributed by atoms with Crippen molar-refractivity contribution in [3.8, 4) is 0 Å². The molecule has 0 aliphatic carbocycles. The summed E-state index contributed by atoms with van der Waals surface area (Å²) in [6.07, 6.45) is 0. The third-order valence-electron chi connectivity index (χ3n) is 2.57. The van der Waals surface area contributed by atoms with Gasteiger partial charge in [0.15, 0.2) is 11.6 Å². The molecule has 4 nitrogen and oxygen atoms in total. The van der Waals surface area contributed by atoms with Gasteiger partial charge in [-0.15, -0.1) is 28.3 Å². The van der Waals surface area contributed by atoms with Crippen LogP contribution in [0.3, 0.4) is 0 Å². The van der Waals surface area contributed by atoms with Crippen LogP contribution in [0.4, 0.5) is 0 Å². The van der Waals surface area contributed by atoms with Gasteiger partial charge in [0, 0.05) is 5.56 Å². The van der Waals surface area contributed by atoms with Gasteiger partial charge in [-0.2, -0.15) is 4.68 Å². The van der Waals surface area contributed by atoms with Crippen molar-refractivity contribution in [3.63, 3.8) is 0 Å². The van der Waals surface area contributed by atoms with Crippen molar-refractivity contribution in [1.29, 1.82) is 0 Å². The highest BCUT2D eigenvalue weighted by molar-refractivity contribution is 6.21. The highest BCUT2D eigenvalue weighted by Gasteiger charge is 2.22. The lowest BCUT2D eigenvalue weighted by Gasteiger charge is -2.05. The third kappa shape index (κ3) is 2.96. The molecule has 100 valence electrons. The summed E-state index contributed by atoms with van der Waals surface area (Å²) in [5, 5.41) is 3.34. The minimum Gasteiger partial charge on any atom is -0.267 e. The largest absolute Gasteiger partial charge is 0.279 e. The normalized spacial score (nSPS) is 14.1. The zero-order valence-corrected chi connectivity index (χ0v) is 12.1. The number of alkyl halides is 2. The number of halogens is 2. The number of carbonyl (C=O) groups excluding carboxylic acids is 1. The summed E-state index contributed by atoms with van der Waals surface area (Å²) in [6, 6.07) is 8.86. The molecular formula is C13H13Cl2N3O. The predicted octanol–water partition coefficient (Wildman–Crippen LogP) is 3.57. The fourth-order valence-electron chi connectivity index (χ4n) is 1.62. The van der Waals surface area contributed by atoms with E-state index in [2.05, 4.69) is 10.1 Å². The van der Waals surface area contributed by atoms with Gasteiger partial charge < -0.3 is 0 Å². The molecule has 1 heterocycles. The molecule has 2 aromatic rings. The molecule has 0 unspecified atom stereocenters. The number of nitrogens with zero attached hydrogens (tertiary/aromatic N) is 3. The monoisotopic (exact) mass is 297 g/mol. The van der Waals surface area contributed by atoms with Crippen molar-refractivity contribution >= 4 is 29.1 Å². The van der Waals surface area contributed by atoms with Crippen LogP contribution in [0.5, 0.6) is 0 Å². The second-order valence-electron chi connectivity index (χ2n) is 4.14. The Morgan fingerprint density at radius 1 is 1.16 bits per heavy atom. The van der Waals surface area contributed by atoms with Crippen molar-refractivity contribution < 1.29 is 4.79 Å². The minimum absolute atomic E-state index is 0.265. The van der Waals surface area contributed by atoms with E-state index in [4.69, 9.17) is 23.2 Å². The molecule has 0 N–H and O–H groups in total. The van der Waals surface area contributed by atoms with Crippen molar-refractivity contribution in [2.75, 3.05) is 0 Å². The molecule has 0 radical (unpaired) electrons. The molecule has 1 aromatic carbocycles. The molecule has 0 spiro atoms. The Morgan fingerprint density at radius 3 is 2.32 bits per heavy atom. The molecule has 6 heteroatoms. The van der Waals surface area contributed by atoms with E-state index >= 15 is 0 Å². The average Bonchev–Trinajstić information content (AvgIpc) is 2.84. The van der Waals surface area contributed by atoms with Crippen LogP contribution in [0.15, 0.2) is 30.3 Å². The number of rotatable bonds is 3. The average molecular weight is 298 g/mol. The first-order valence-corrected chi connectivity index (χ1v) is 6.72. The Morgan fingerprint density at radius 2 is 1.79 bits per heavy atom. The van der Waals surface area contributed by atoms with Crippen LogP contribution >= 0.6 is 23.2 Å². The van der Waals surface area contributed by atoms with Crippen molar-refractivity contribution in [3.05, 3.63) is 47.5 Å². The van der Waals surface area contributed by atoms with E-state index in [-0.39, 0.29) is 11.3 Å². The smallest absolute Gasteiger partial charge is 0.267 e. The van der Waals surface area contributed by atoms with Crippen LogP contribution in [-0.4, -0.2) is 20.7 Å². The molecule has 0 fully saturated rings. The first-order chi connectivity index (χ1) is 9.00. The van der Waals surface area contributed by atoms with Crippen LogP contribution in [0.2, 0.25) is 0 Å². The topological polar surface area (TPSA) is 47.8 Å². The second kappa shape index (κ2) is 5.72. The summed E-state index contributed by atoms with van der Waals surface area (Å²) in [6.45, 7) is 3.49. The number of carbonyl (C=O) groups is 1. The Hall–Kier alpha value is -1.39. The van der Waals surface area contributed by atoms with Crippen molar-refractivity contribution in [1.82, 2.24) is 14.8 Å². The van der Waals surface area contributed by atoms with Gasteiger partial charge in [-0.05, 0) is 26.0 Å². The standard InChI is InChI=1S/C13H13Cl2N3O/c1-8(14)11-16-12(9(2)15)18(17-11)13(19)10-6-4-3-5-7-10/h3-9H,1-2H3/t8-,9-/m1/s1. The first kappa shape index (κ1) is 14.0. The van der Waals surface area contributed by atoms with Crippen molar-refractivity contribution in [2.45, 2.75) is 24.6 Å². The summed E-state index contributed by atoms with van der Waals surface area (Å²) in [7, 11) is 0. The third-order valence-corrected chi connectivity index (χ3v) is 2.96. The van der Waals surface area contributed by atoms with Gasteiger partial charge in [0.05, 0.1) is 10.8 Å². The van der Waals surface area contributed by atoms with Crippen LogP contribution < -0.4 is 0 Å². The van der Waals surface area contributed by atoms with Gasteiger partial charge in [0.2, 0.25) is 0 Å². The van der Waals surface area contributed by atoms with E-state index in [9.17, 15) is 4.79 Å². The maximum atomic E-state index is 12.4. The Kier molecular flexibility index (Phi) is 4.22. The molecule has 0 saturated carbocycles. The number of aromatic nitrogens is 3. The lowest BCUT2D eigenvalue weighted by Crippen LogP contribution is -2.17. The zero-order chi connectivity index (χ0) is 14.0. The Balaban J connectivity index is 2.46. The molecule has 2 atom stereocenters. The quantitative estimate of drug-likeness (QED) is 0.814. The van der Waals surface area contributed by atoms with Gasteiger partial charge in [-0.1, -0.05) is 18.2 Å². The molecule has 0 amide bonds. The first-order valence-electron chi connectivity index (χ1n) is 5.85. The van der Waals surface area contributed by atoms with Crippen LogP contribution in [-0.2, 0) is 0 Å². The van der Waals surface area contributed by atoms with Crippen LogP contribution in [0.25, 0.3) is 0 Å². The van der Waals surface area contributed by atoms with Gasteiger partial charge in [-0.25, -0.2) is 4.98 Å². The highest BCUT2D eigenvalue weighted by Crippen LogP contribution is 2.22. The molecule has 0 bridgehead atoms. The van der Waals surface area contributed by atoms with E-state index in [1.165, 1.54) is 4.68 Å². The Bertz CT molecular complexity index is 579. The summed E-state index contributed by atoms with van der Waals surface area (Å²) >= 11 is 12.0. The molecule has 0 aliphatic heterocycles. The van der Waals surface area contributed by atoms with E-state index in [1.807, 2.05) is 6.07 Å². The van der Waals surface area contributed by atoms with Gasteiger partial charge in [0.1, 0.15) is 0 Å². The SMILES string of the molecule is C[C@@H](Cl)c1nc([C@@H](C)Cl)n(C(=O)c2ccccc2)n1. The minimum atomic E-state index is -0.427. The molecule has 19 heavy (non-hydrogen) atoms. The van der Waals surface area contributed by atoms with Gasteiger partial charge in [-0.3, -0.25) is 4.79 Å². The second-order valence-corrected chi connectivity index (χ2v) is 5.45.